The van der Waals surface area contributed by atoms with E-state index in [-0.39, 0.29) is 11.8 Å². The molecule has 0 bridgehead atoms. The van der Waals surface area contributed by atoms with Gasteiger partial charge in [-0.25, -0.2) is 5.43 Å². The molecule has 0 amide bonds. The highest BCUT2D eigenvalue weighted by molar-refractivity contribution is 5.52. The highest BCUT2D eigenvalue weighted by atomic mass is 16.5. The molecule has 0 spiro atoms. The fourth-order valence-corrected chi connectivity index (χ4v) is 2.87. The molecule has 23 heavy (non-hydrogen) atoms. The van der Waals surface area contributed by atoms with Crippen LogP contribution < -0.4 is 26.1 Å². The first-order chi connectivity index (χ1) is 11.0. The molecule has 2 unspecified atom stereocenters. The van der Waals surface area contributed by atoms with Crippen LogP contribution in [0, 0.1) is 11.3 Å². The van der Waals surface area contributed by atoms with Gasteiger partial charge >= 0.3 is 0 Å². The van der Waals surface area contributed by atoms with Crippen LogP contribution in [0.3, 0.4) is 0 Å². The molecule has 1 aromatic carbocycles. The van der Waals surface area contributed by atoms with Gasteiger partial charge in [0, 0.05) is 11.5 Å². The van der Waals surface area contributed by atoms with Crippen LogP contribution in [-0.2, 0) is 4.74 Å². The zero-order valence-corrected chi connectivity index (χ0v) is 13.1. The zero-order chi connectivity index (χ0) is 16.6. The number of nitriles is 1. The lowest BCUT2D eigenvalue weighted by molar-refractivity contribution is 0.258. The van der Waals surface area contributed by atoms with E-state index in [0.29, 0.717) is 17.4 Å². The molecular formula is C16H18N4O3. The topological polar surface area (TPSA) is 102 Å². The molecule has 0 saturated carbocycles. The van der Waals surface area contributed by atoms with Crippen molar-refractivity contribution in [2.75, 3.05) is 14.2 Å². The van der Waals surface area contributed by atoms with Gasteiger partial charge in [-0.1, -0.05) is 6.07 Å². The summed E-state index contributed by atoms with van der Waals surface area (Å²) in [4.78, 5) is 0. The van der Waals surface area contributed by atoms with E-state index in [4.69, 9.17) is 19.9 Å². The zero-order valence-electron chi connectivity index (χ0n) is 13.1. The lowest BCUT2D eigenvalue weighted by Gasteiger charge is -2.27. The van der Waals surface area contributed by atoms with E-state index in [2.05, 4.69) is 16.9 Å². The SMILES string of the molecule is COc1ccc(C2C=C(N)OC3=C2C(C)(C#N)NN3)cc1OC. The highest BCUT2D eigenvalue weighted by Gasteiger charge is 2.44. The lowest BCUT2D eigenvalue weighted by atomic mass is 9.80. The monoisotopic (exact) mass is 314 g/mol. The van der Waals surface area contributed by atoms with Gasteiger partial charge < -0.3 is 19.9 Å². The molecule has 2 heterocycles. The number of ether oxygens (including phenoxy) is 3. The molecule has 2 aliphatic rings. The predicted octanol–water partition coefficient (Wildman–Crippen LogP) is 1.22. The maximum absolute atomic E-state index is 9.54. The number of nitrogens with two attached hydrogens (primary N) is 1. The molecule has 1 aromatic rings. The maximum atomic E-state index is 9.54. The van der Waals surface area contributed by atoms with Crippen molar-refractivity contribution in [3.63, 3.8) is 0 Å². The summed E-state index contributed by atoms with van der Waals surface area (Å²) in [7, 11) is 3.17. The van der Waals surface area contributed by atoms with E-state index in [9.17, 15) is 5.26 Å². The minimum Gasteiger partial charge on any atom is -0.493 e. The quantitative estimate of drug-likeness (QED) is 0.771. The average molecular weight is 314 g/mol. The average Bonchev–Trinajstić information content (AvgIpc) is 2.91. The Bertz CT molecular complexity index is 750. The van der Waals surface area contributed by atoms with Gasteiger partial charge in [0.15, 0.2) is 17.4 Å². The van der Waals surface area contributed by atoms with E-state index in [1.165, 1.54) is 0 Å². The Balaban J connectivity index is 2.10. The molecule has 3 rings (SSSR count). The number of rotatable bonds is 3. The second-order valence-electron chi connectivity index (χ2n) is 5.49. The van der Waals surface area contributed by atoms with Crippen molar-refractivity contribution >= 4 is 0 Å². The Kier molecular flexibility index (Phi) is 3.54. The van der Waals surface area contributed by atoms with Crippen molar-refractivity contribution < 1.29 is 14.2 Å². The van der Waals surface area contributed by atoms with Gasteiger partial charge in [0.1, 0.15) is 5.54 Å². The molecule has 7 nitrogen and oxygen atoms in total. The first kappa shape index (κ1) is 15.1. The van der Waals surface area contributed by atoms with E-state index in [1.807, 2.05) is 18.2 Å². The van der Waals surface area contributed by atoms with Crippen LogP contribution in [0.5, 0.6) is 11.5 Å². The molecule has 0 fully saturated rings. The van der Waals surface area contributed by atoms with Gasteiger partial charge in [-0.15, -0.1) is 0 Å². The fraction of sp³-hybridized carbons (Fsp3) is 0.312. The maximum Gasteiger partial charge on any atom is 0.212 e. The summed E-state index contributed by atoms with van der Waals surface area (Å²) in [5.41, 5.74) is 12.5. The predicted molar refractivity (Wildman–Crippen MR) is 83.0 cm³/mol. The Morgan fingerprint density at radius 2 is 2.04 bits per heavy atom. The van der Waals surface area contributed by atoms with Crippen LogP contribution in [0.15, 0.2) is 41.6 Å². The van der Waals surface area contributed by atoms with Crippen LogP contribution in [-0.4, -0.2) is 19.8 Å². The summed E-state index contributed by atoms with van der Waals surface area (Å²) in [6.45, 7) is 1.79. The summed E-state index contributed by atoms with van der Waals surface area (Å²) >= 11 is 0. The van der Waals surface area contributed by atoms with Crippen molar-refractivity contribution in [1.82, 2.24) is 10.9 Å². The molecule has 0 radical (unpaired) electrons. The normalized spacial score (nSPS) is 25.7. The van der Waals surface area contributed by atoms with Gasteiger partial charge in [-0.3, -0.25) is 5.43 Å². The molecule has 120 valence electrons. The number of hydrazine groups is 1. The molecule has 0 saturated heterocycles. The second kappa shape index (κ2) is 5.41. The number of nitrogens with zero attached hydrogens (tertiary/aromatic N) is 1. The molecule has 0 aliphatic carbocycles. The number of nitrogens with one attached hydrogen (secondary N) is 2. The van der Waals surface area contributed by atoms with E-state index in [0.717, 1.165) is 11.1 Å². The van der Waals surface area contributed by atoms with Crippen molar-refractivity contribution in [3.05, 3.63) is 47.2 Å². The molecule has 0 aromatic heterocycles. The van der Waals surface area contributed by atoms with Gasteiger partial charge in [-0.05, 0) is 30.7 Å². The Hall–Kier alpha value is -2.85. The standard InChI is InChI=1S/C16H18N4O3/c1-16(8-17)14-10(7-13(18)23-15(14)19-20-16)9-4-5-11(21-2)12(6-9)22-3/h4-7,10,19-20H,18H2,1-3H3. The second-order valence-corrected chi connectivity index (χ2v) is 5.49. The van der Waals surface area contributed by atoms with Crippen molar-refractivity contribution in [3.8, 4) is 17.6 Å². The third-order valence-electron chi connectivity index (χ3n) is 4.06. The van der Waals surface area contributed by atoms with Gasteiger partial charge in [0.25, 0.3) is 0 Å². The van der Waals surface area contributed by atoms with Crippen LogP contribution in [0.2, 0.25) is 0 Å². The summed E-state index contributed by atoms with van der Waals surface area (Å²) in [5.74, 6) is 1.78. The number of hydrogen-bond donors (Lipinski definition) is 3. The third-order valence-corrected chi connectivity index (χ3v) is 4.06. The molecule has 2 aliphatic heterocycles. The smallest absolute Gasteiger partial charge is 0.212 e. The summed E-state index contributed by atoms with van der Waals surface area (Å²) in [6, 6.07) is 7.89. The minimum atomic E-state index is -0.898. The summed E-state index contributed by atoms with van der Waals surface area (Å²) in [5, 5.41) is 9.54. The van der Waals surface area contributed by atoms with E-state index >= 15 is 0 Å². The lowest BCUT2D eigenvalue weighted by Crippen LogP contribution is -2.43. The van der Waals surface area contributed by atoms with Gasteiger partial charge in [-0.2, -0.15) is 5.26 Å². The first-order valence-electron chi connectivity index (χ1n) is 7.08. The number of benzene rings is 1. The van der Waals surface area contributed by atoms with E-state index in [1.54, 1.807) is 27.2 Å². The Morgan fingerprint density at radius 3 is 2.70 bits per heavy atom. The van der Waals surface area contributed by atoms with Crippen molar-refractivity contribution in [2.24, 2.45) is 5.73 Å². The number of hydrogen-bond acceptors (Lipinski definition) is 7. The summed E-state index contributed by atoms with van der Waals surface area (Å²) in [6.07, 6.45) is 1.78. The van der Waals surface area contributed by atoms with Crippen LogP contribution in [0.4, 0.5) is 0 Å². The Labute approximate surface area is 134 Å². The Morgan fingerprint density at radius 1 is 1.30 bits per heavy atom. The van der Waals surface area contributed by atoms with Gasteiger partial charge in [0.2, 0.25) is 5.88 Å². The highest BCUT2D eigenvalue weighted by Crippen LogP contribution is 2.42. The third kappa shape index (κ3) is 2.33. The molecule has 7 heteroatoms. The summed E-state index contributed by atoms with van der Waals surface area (Å²) < 4.78 is 16.1. The van der Waals surface area contributed by atoms with Crippen LogP contribution in [0.1, 0.15) is 18.4 Å². The van der Waals surface area contributed by atoms with Crippen LogP contribution in [0.25, 0.3) is 0 Å². The number of allylic oxidation sites excluding steroid dienone is 1. The van der Waals surface area contributed by atoms with E-state index < -0.39 is 5.54 Å². The molecular weight excluding hydrogens is 296 g/mol. The van der Waals surface area contributed by atoms with Gasteiger partial charge in [0.05, 0.1) is 20.3 Å². The van der Waals surface area contributed by atoms with Crippen molar-refractivity contribution in [1.29, 1.82) is 5.26 Å². The van der Waals surface area contributed by atoms with Crippen LogP contribution >= 0.6 is 0 Å². The molecule has 4 N–H and O–H groups in total. The fourth-order valence-electron chi connectivity index (χ4n) is 2.87. The molecule has 2 atom stereocenters. The van der Waals surface area contributed by atoms with Crippen molar-refractivity contribution in [2.45, 2.75) is 18.4 Å². The largest absolute Gasteiger partial charge is 0.493 e. The minimum absolute atomic E-state index is 0.217. The number of methoxy groups -OCH3 is 2. The first-order valence-corrected chi connectivity index (χ1v) is 7.08.